The molecule has 0 heterocycles. The van der Waals surface area contributed by atoms with Gasteiger partial charge in [-0.1, -0.05) is 53.6 Å². The number of nitro benzene ring substituents is 1. The maximum Gasteiger partial charge on any atom is 0.296 e. The van der Waals surface area contributed by atoms with Crippen LogP contribution < -0.4 is 0 Å². The predicted molar refractivity (Wildman–Crippen MR) is 122 cm³/mol. The predicted octanol–water partition coefficient (Wildman–Crippen LogP) is 4.09. The average Bonchev–Trinajstić information content (AvgIpc) is 2.74. The van der Waals surface area contributed by atoms with E-state index in [2.05, 4.69) is 0 Å². The molecule has 0 saturated carbocycles. The first-order chi connectivity index (χ1) is 15.4. The van der Waals surface area contributed by atoms with Crippen LogP contribution in [0.25, 0.3) is 0 Å². The van der Waals surface area contributed by atoms with Gasteiger partial charge in [-0.15, -0.1) is 0 Å². The highest BCUT2D eigenvalue weighted by atomic mass is 32.2. The van der Waals surface area contributed by atoms with Crippen LogP contribution in [0.1, 0.15) is 16.7 Å². The standard InChI is InChI=1S/C15H15NO5S.C7H8O3S/c1-12-6-8-14(9-7-12)22(19,20)21-11-10-13-4-2-3-5-15(13)16(17)18;1-6-2-4-7(5-3-6)11(8,9)10/h2-9H,10-11H2,1H3;2-5H,1H3,(H,8,9,10). The Bertz CT molecular complexity index is 1300. The van der Waals surface area contributed by atoms with Crippen molar-refractivity contribution >= 4 is 25.9 Å². The molecule has 11 heteroatoms. The fourth-order valence-corrected chi connectivity index (χ4v) is 4.03. The molecule has 0 spiro atoms. The molecule has 33 heavy (non-hydrogen) atoms. The van der Waals surface area contributed by atoms with Crippen LogP contribution in [0.4, 0.5) is 5.69 Å². The minimum Gasteiger partial charge on any atom is -0.282 e. The molecule has 0 aliphatic heterocycles. The summed E-state index contributed by atoms with van der Waals surface area (Å²) in [4.78, 5) is 10.4. The average molecular weight is 494 g/mol. The lowest BCUT2D eigenvalue weighted by Gasteiger charge is -2.06. The van der Waals surface area contributed by atoms with Gasteiger partial charge in [-0.2, -0.15) is 16.8 Å². The van der Waals surface area contributed by atoms with Gasteiger partial charge in [0, 0.05) is 18.1 Å². The molecule has 1 N–H and O–H groups in total. The van der Waals surface area contributed by atoms with E-state index in [1.54, 1.807) is 42.5 Å². The SMILES string of the molecule is Cc1ccc(S(=O)(=O)O)cc1.Cc1ccc(S(=O)(=O)OCCc2ccccc2[N+](=O)[O-])cc1. The maximum atomic E-state index is 12.0. The fourth-order valence-electron chi connectivity index (χ4n) is 2.64. The van der Waals surface area contributed by atoms with Crippen molar-refractivity contribution < 1.29 is 30.5 Å². The molecule has 3 aromatic rings. The number of hydrogen-bond donors (Lipinski definition) is 1. The Balaban J connectivity index is 0.000000294. The van der Waals surface area contributed by atoms with Crippen molar-refractivity contribution in [3.8, 4) is 0 Å². The van der Waals surface area contributed by atoms with Gasteiger partial charge in [0.05, 0.1) is 21.3 Å². The third-order valence-electron chi connectivity index (χ3n) is 4.43. The minimum atomic E-state index is -4.02. The summed E-state index contributed by atoms with van der Waals surface area (Å²) in [5, 5.41) is 10.9. The molecule has 0 aliphatic carbocycles. The molecule has 0 saturated heterocycles. The first kappa shape index (κ1) is 26.1. The quantitative estimate of drug-likeness (QED) is 0.224. The lowest BCUT2D eigenvalue weighted by molar-refractivity contribution is -0.385. The van der Waals surface area contributed by atoms with E-state index < -0.39 is 25.2 Å². The Morgan fingerprint density at radius 1 is 0.818 bits per heavy atom. The van der Waals surface area contributed by atoms with Gasteiger partial charge >= 0.3 is 0 Å². The summed E-state index contributed by atoms with van der Waals surface area (Å²) in [6.45, 7) is 3.54. The third kappa shape index (κ3) is 8.06. The van der Waals surface area contributed by atoms with Crippen molar-refractivity contribution in [3.05, 3.63) is 99.6 Å². The monoisotopic (exact) mass is 493 g/mol. The Morgan fingerprint density at radius 2 is 1.30 bits per heavy atom. The van der Waals surface area contributed by atoms with E-state index in [0.29, 0.717) is 5.56 Å². The smallest absolute Gasteiger partial charge is 0.282 e. The lowest BCUT2D eigenvalue weighted by atomic mass is 10.1. The highest BCUT2D eigenvalue weighted by Gasteiger charge is 2.17. The van der Waals surface area contributed by atoms with Crippen LogP contribution in [0.2, 0.25) is 0 Å². The number of benzene rings is 3. The van der Waals surface area contributed by atoms with Crippen molar-refractivity contribution in [1.82, 2.24) is 0 Å². The van der Waals surface area contributed by atoms with E-state index in [4.69, 9.17) is 8.74 Å². The van der Waals surface area contributed by atoms with E-state index in [1.165, 1.54) is 30.3 Å². The van der Waals surface area contributed by atoms with E-state index in [-0.39, 0.29) is 28.5 Å². The first-order valence-corrected chi connectivity index (χ1v) is 12.5. The molecule has 0 fully saturated rings. The molecule has 3 rings (SSSR count). The summed E-state index contributed by atoms with van der Waals surface area (Å²) < 4.78 is 58.5. The zero-order valence-electron chi connectivity index (χ0n) is 17.9. The Morgan fingerprint density at radius 3 is 1.79 bits per heavy atom. The van der Waals surface area contributed by atoms with Crippen molar-refractivity contribution in [2.24, 2.45) is 0 Å². The molecule has 3 aromatic carbocycles. The molecule has 0 unspecified atom stereocenters. The number of para-hydroxylation sites is 1. The number of nitrogens with zero attached hydrogens (tertiary/aromatic N) is 1. The van der Waals surface area contributed by atoms with Crippen LogP contribution in [0.5, 0.6) is 0 Å². The molecule has 0 atom stereocenters. The first-order valence-electron chi connectivity index (χ1n) is 9.63. The zero-order chi connectivity index (χ0) is 24.6. The van der Waals surface area contributed by atoms with Crippen molar-refractivity contribution in [2.45, 2.75) is 30.1 Å². The second kappa shape index (κ2) is 11.1. The summed E-state index contributed by atoms with van der Waals surface area (Å²) >= 11 is 0. The van der Waals surface area contributed by atoms with Crippen LogP contribution in [0.15, 0.2) is 82.6 Å². The van der Waals surface area contributed by atoms with Crippen molar-refractivity contribution in [3.63, 3.8) is 0 Å². The minimum absolute atomic E-state index is 0.0427. The summed E-state index contributed by atoms with van der Waals surface area (Å²) in [7, 11) is -7.87. The molecular formula is C22H23NO8S2. The normalized spacial score (nSPS) is 11.4. The molecular weight excluding hydrogens is 470 g/mol. The second-order valence-electron chi connectivity index (χ2n) is 7.01. The number of aryl methyl sites for hydroxylation is 2. The maximum absolute atomic E-state index is 12.0. The molecule has 0 amide bonds. The van der Waals surface area contributed by atoms with E-state index >= 15 is 0 Å². The van der Waals surface area contributed by atoms with E-state index in [0.717, 1.165) is 11.1 Å². The van der Waals surface area contributed by atoms with E-state index in [1.807, 2.05) is 13.8 Å². The summed E-state index contributed by atoms with van der Waals surface area (Å²) in [6, 6.07) is 18.5. The Hall–Kier alpha value is -3.12. The van der Waals surface area contributed by atoms with Crippen LogP contribution in [-0.2, 0) is 30.8 Å². The highest BCUT2D eigenvalue weighted by molar-refractivity contribution is 7.86. The summed E-state index contributed by atoms with van der Waals surface area (Å²) in [5.41, 5.74) is 2.29. The molecule has 0 aromatic heterocycles. The molecule has 176 valence electrons. The Labute approximate surface area is 192 Å². The largest absolute Gasteiger partial charge is 0.296 e. The number of hydrogen-bond acceptors (Lipinski definition) is 7. The number of rotatable bonds is 7. The van der Waals surface area contributed by atoms with Gasteiger partial charge in [0.2, 0.25) is 0 Å². The van der Waals surface area contributed by atoms with Gasteiger partial charge in [-0.05, 0) is 38.1 Å². The second-order valence-corrected chi connectivity index (χ2v) is 10.0. The molecule has 0 bridgehead atoms. The fraction of sp³-hybridized carbons (Fsp3) is 0.182. The third-order valence-corrected chi connectivity index (χ3v) is 6.62. The van der Waals surface area contributed by atoms with Crippen LogP contribution in [-0.4, -0.2) is 32.9 Å². The zero-order valence-corrected chi connectivity index (χ0v) is 19.5. The van der Waals surface area contributed by atoms with Gasteiger partial charge < -0.3 is 0 Å². The molecule has 9 nitrogen and oxygen atoms in total. The van der Waals surface area contributed by atoms with Gasteiger partial charge in [0.1, 0.15) is 0 Å². The molecule has 0 radical (unpaired) electrons. The van der Waals surface area contributed by atoms with Gasteiger partial charge in [0.25, 0.3) is 25.9 Å². The van der Waals surface area contributed by atoms with Crippen LogP contribution in [0.3, 0.4) is 0 Å². The topological polar surface area (TPSA) is 141 Å². The van der Waals surface area contributed by atoms with Gasteiger partial charge in [-0.25, -0.2) is 0 Å². The van der Waals surface area contributed by atoms with Crippen LogP contribution in [0, 0.1) is 24.0 Å². The van der Waals surface area contributed by atoms with E-state index in [9.17, 15) is 26.9 Å². The van der Waals surface area contributed by atoms with Gasteiger partial charge in [0.15, 0.2) is 0 Å². The van der Waals surface area contributed by atoms with Crippen molar-refractivity contribution in [1.29, 1.82) is 0 Å². The summed E-state index contributed by atoms with van der Waals surface area (Å²) in [5.74, 6) is 0. The number of nitro groups is 1. The van der Waals surface area contributed by atoms with Gasteiger partial charge in [-0.3, -0.25) is 18.9 Å². The van der Waals surface area contributed by atoms with Crippen LogP contribution >= 0.6 is 0 Å². The lowest BCUT2D eigenvalue weighted by Crippen LogP contribution is -2.10. The van der Waals surface area contributed by atoms with Crippen molar-refractivity contribution in [2.75, 3.05) is 6.61 Å². The highest BCUT2D eigenvalue weighted by Crippen LogP contribution is 2.19. The molecule has 0 aliphatic rings. The summed E-state index contributed by atoms with van der Waals surface area (Å²) in [6.07, 6.45) is 0.141. The Kier molecular flexibility index (Phi) is 8.83.